The first-order valence-corrected chi connectivity index (χ1v) is 8.80. The maximum atomic E-state index is 10.5. The Kier molecular flexibility index (Phi) is 5.80. The summed E-state index contributed by atoms with van der Waals surface area (Å²) in [6.07, 6.45) is 3.56. The third kappa shape index (κ3) is 4.29. The average Bonchev–Trinajstić information content (AvgIpc) is 2.81. The molecule has 0 saturated heterocycles. The molecule has 0 saturated carbocycles. The van der Waals surface area contributed by atoms with E-state index in [9.17, 15) is 4.79 Å². The molecule has 2 aromatic heterocycles. The van der Waals surface area contributed by atoms with Gasteiger partial charge < -0.3 is 9.67 Å². The van der Waals surface area contributed by atoms with Gasteiger partial charge in [-0.2, -0.15) is 0 Å². The minimum atomic E-state index is -0.741. The number of carboxylic acid groups (broad SMARTS) is 1. The number of aliphatic carboxylic acids is 1. The predicted octanol–water partition coefficient (Wildman–Crippen LogP) is 3.36. The van der Waals surface area contributed by atoms with E-state index in [4.69, 9.17) is 5.11 Å². The molecule has 21 heavy (non-hydrogen) atoms. The first kappa shape index (κ1) is 16.5. The Hall–Kier alpha value is -0.900. The second-order valence-electron chi connectivity index (χ2n) is 4.91. The number of fused-ring (bicyclic) bond motifs is 1. The molecular formula is C13H17IN4O2S. The lowest BCUT2D eigenvalue weighted by molar-refractivity contribution is -0.137. The SMILES string of the molecule is CC(C)n1cnc2c(SCCCCC(=O)O)nc(I)nc21. The number of aromatic nitrogens is 4. The van der Waals surface area contributed by atoms with Crippen molar-refractivity contribution >= 4 is 51.5 Å². The Bertz CT molecular complexity index is 644. The minimum Gasteiger partial charge on any atom is -0.481 e. The number of carboxylic acids is 1. The van der Waals surface area contributed by atoms with E-state index in [1.165, 1.54) is 0 Å². The number of imidazole rings is 1. The maximum Gasteiger partial charge on any atom is 0.303 e. The van der Waals surface area contributed by atoms with Gasteiger partial charge in [-0.25, -0.2) is 15.0 Å². The molecule has 0 amide bonds. The summed E-state index contributed by atoms with van der Waals surface area (Å²) < 4.78 is 2.74. The van der Waals surface area contributed by atoms with E-state index in [0.717, 1.165) is 28.4 Å². The smallest absolute Gasteiger partial charge is 0.303 e. The molecule has 2 heterocycles. The van der Waals surface area contributed by atoms with Crippen LogP contribution in [0, 0.1) is 3.83 Å². The van der Waals surface area contributed by atoms with Crippen LogP contribution in [0.2, 0.25) is 0 Å². The molecule has 1 N–H and O–H groups in total. The van der Waals surface area contributed by atoms with E-state index in [2.05, 4.69) is 51.4 Å². The van der Waals surface area contributed by atoms with Crippen LogP contribution in [-0.2, 0) is 4.79 Å². The molecule has 0 bridgehead atoms. The predicted molar refractivity (Wildman–Crippen MR) is 90.6 cm³/mol. The van der Waals surface area contributed by atoms with Gasteiger partial charge in [0.1, 0.15) is 10.5 Å². The molecule has 0 radical (unpaired) electrons. The van der Waals surface area contributed by atoms with Crippen LogP contribution in [0.4, 0.5) is 0 Å². The van der Waals surface area contributed by atoms with Crippen LogP contribution in [-0.4, -0.2) is 36.3 Å². The number of rotatable bonds is 7. The van der Waals surface area contributed by atoms with Gasteiger partial charge in [0.15, 0.2) is 9.48 Å². The van der Waals surface area contributed by atoms with E-state index in [0.29, 0.717) is 16.3 Å². The van der Waals surface area contributed by atoms with Crippen LogP contribution in [0.25, 0.3) is 11.2 Å². The fraction of sp³-hybridized carbons (Fsp3) is 0.538. The lowest BCUT2D eigenvalue weighted by Gasteiger charge is -2.08. The van der Waals surface area contributed by atoms with Gasteiger partial charge in [-0.3, -0.25) is 4.79 Å². The Morgan fingerprint density at radius 1 is 1.43 bits per heavy atom. The van der Waals surface area contributed by atoms with Crippen LogP contribution in [0.15, 0.2) is 11.4 Å². The van der Waals surface area contributed by atoms with Gasteiger partial charge in [-0.1, -0.05) is 0 Å². The third-order valence-corrected chi connectivity index (χ3v) is 4.48. The second-order valence-corrected chi connectivity index (χ2v) is 6.96. The fourth-order valence-corrected chi connectivity index (χ4v) is 3.50. The number of halogens is 1. The molecule has 0 fully saturated rings. The van der Waals surface area contributed by atoms with Crippen molar-refractivity contribution in [1.82, 2.24) is 19.5 Å². The van der Waals surface area contributed by atoms with E-state index in [1.807, 2.05) is 4.57 Å². The Morgan fingerprint density at radius 2 is 2.19 bits per heavy atom. The molecule has 114 valence electrons. The molecule has 6 nitrogen and oxygen atoms in total. The van der Waals surface area contributed by atoms with Crippen molar-refractivity contribution in [2.45, 2.75) is 44.2 Å². The van der Waals surface area contributed by atoms with E-state index in [-0.39, 0.29) is 6.42 Å². The number of hydrogen-bond acceptors (Lipinski definition) is 5. The Balaban J connectivity index is 2.11. The number of thioether (sulfide) groups is 1. The standard InChI is InChI=1S/C13H17IN4O2S/c1-8(2)18-7-15-10-11(18)16-13(14)17-12(10)21-6-4-3-5-9(19)20/h7-8H,3-6H2,1-2H3,(H,19,20). The first-order valence-electron chi connectivity index (χ1n) is 6.73. The lowest BCUT2D eigenvalue weighted by atomic mass is 10.3. The average molecular weight is 420 g/mol. The van der Waals surface area contributed by atoms with Crippen molar-refractivity contribution in [3.05, 3.63) is 10.2 Å². The number of unbranched alkanes of at least 4 members (excludes halogenated alkanes) is 1. The summed E-state index contributed by atoms with van der Waals surface area (Å²) in [5, 5.41) is 9.50. The first-order chi connectivity index (χ1) is 9.99. The molecular weight excluding hydrogens is 403 g/mol. The summed E-state index contributed by atoms with van der Waals surface area (Å²) in [7, 11) is 0. The molecule has 0 aliphatic rings. The van der Waals surface area contributed by atoms with Gasteiger partial charge in [-0.05, 0) is 32.4 Å². The third-order valence-electron chi connectivity index (χ3n) is 2.94. The summed E-state index contributed by atoms with van der Waals surface area (Å²) in [5.41, 5.74) is 1.68. The highest BCUT2D eigenvalue weighted by Crippen LogP contribution is 2.27. The maximum absolute atomic E-state index is 10.5. The summed E-state index contributed by atoms with van der Waals surface area (Å²) in [4.78, 5) is 23.8. The zero-order valence-corrected chi connectivity index (χ0v) is 14.9. The second kappa shape index (κ2) is 7.39. The highest BCUT2D eigenvalue weighted by Gasteiger charge is 2.14. The van der Waals surface area contributed by atoms with Gasteiger partial charge in [0, 0.05) is 35.1 Å². The molecule has 0 atom stereocenters. The number of nitrogens with zero attached hydrogens (tertiary/aromatic N) is 4. The van der Waals surface area contributed by atoms with Gasteiger partial charge in [-0.15, -0.1) is 11.8 Å². The van der Waals surface area contributed by atoms with Crippen molar-refractivity contribution < 1.29 is 9.90 Å². The fourth-order valence-electron chi connectivity index (χ4n) is 1.89. The Morgan fingerprint density at radius 3 is 2.86 bits per heavy atom. The summed E-state index contributed by atoms with van der Waals surface area (Å²) >= 11 is 3.73. The van der Waals surface area contributed by atoms with Crippen molar-refractivity contribution in [1.29, 1.82) is 0 Å². The van der Waals surface area contributed by atoms with E-state index in [1.54, 1.807) is 18.1 Å². The molecule has 0 aliphatic heterocycles. The molecule has 8 heteroatoms. The van der Waals surface area contributed by atoms with Crippen LogP contribution in [0.1, 0.15) is 39.2 Å². The quantitative estimate of drug-likeness (QED) is 0.243. The summed E-state index contributed by atoms with van der Waals surface area (Å²) in [6, 6.07) is 0.300. The van der Waals surface area contributed by atoms with Crippen molar-refractivity contribution in [2.75, 3.05) is 5.75 Å². The van der Waals surface area contributed by atoms with Crippen LogP contribution < -0.4 is 0 Å². The topological polar surface area (TPSA) is 80.9 Å². The van der Waals surface area contributed by atoms with Crippen LogP contribution in [0.5, 0.6) is 0 Å². The van der Waals surface area contributed by atoms with Crippen LogP contribution in [0.3, 0.4) is 0 Å². The molecule has 2 rings (SSSR count). The molecule has 2 aromatic rings. The van der Waals surface area contributed by atoms with E-state index < -0.39 is 5.97 Å². The number of hydrogen-bond donors (Lipinski definition) is 1. The molecule has 0 aromatic carbocycles. The molecule has 0 aliphatic carbocycles. The van der Waals surface area contributed by atoms with Gasteiger partial charge in [0.25, 0.3) is 0 Å². The monoisotopic (exact) mass is 420 g/mol. The number of carbonyl (C=O) groups is 1. The van der Waals surface area contributed by atoms with Crippen molar-refractivity contribution in [3.8, 4) is 0 Å². The van der Waals surface area contributed by atoms with Crippen LogP contribution >= 0.6 is 34.4 Å². The molecule has 0 unspecified atom stereocenters. The molecule has 0 spiro atoms. The normalized spacial score (nSPS) is 11.4. The zero-order valence-electron chi connectivity index (χ0n) is 11.9. The highest BCUT2D eigenvalue weighted by atomic mass is 127. The summed E-state index contributed by atoms with van der Waals surface area (Å²) in [5.74, 6) is 0.0962. The van der Waals surface area contributed by atoms with Gasteiger partial charge in [0.05, 0.1) is 6.33 Å². The summed E-state index contributed by atoms with van der Waals surface area (Å²) in [6.45, 7) is 4.18. The van der Waals surface area contributed by atoms with Gasteiger partial charge >= 0.3 is 5.97 Å². The highest BCUT2D eigenvalue weighted by molar-refractivity contribution is 14.1. The van der Waals surface area contributed by atoms with E-state index >= 15 is 0 Å². The van der Waals surface area contributed by atoms with Crippen molar-refractivity contribution in [2.24, 2.45) is 0 Å². The van der Waals surface area contributed by atoms with Crippen molar-refractivity contribution in [3.63, 3.8) is 0 Å². The largest absolute Gasteiger partial charge is 0.481 e. The Labute approximate surface area is 140 Å². The zero-order chi connectivity index (χ0) is 15.4. The lowest BCUT2D eigenvalue weighted by Crippen LogP contribution is -2.02. The minimum absolute atomic E-state index is 0.221. The van der Waals surface area contributed by atoms with Gasteiger partial charge in [0.2, 0.25) is 0 Å².